The fourth-order valence-electron chi connectivity index (χ4n) is 3.02. The van der Waals surface area contributed by atoms with E-state index in [-0.39, 0.29) is 6.42 Å². The molecule has 0 heterocycles. The predicted molar refractivity (Wildman–Crippen MR) is 120 cm³/mol. The summed E-state index contributed by atoms with van der Waals surface area (Å²) in [7, 11) is 0. The average molecular weight is 481 g/mol. The van der Waals surface area contributed by atoms with E-state index in [1.807, 2.05) is 0 Å². The molecule has 0 aliphatic rings. The first-order chi connectivity index (χ1) is 16.0. The van der Waals surface area contributed by atoms with Crippen molar-refractivity contribution in [2.75, 3.05) is 6.61 Å². The number of aliphatic carboxylic acids is 2. The van der Waals surface area contributed by atoms with Gasteiger partial charge in [-0.25, -0.2) is 4.79 Å². The molecule has 1 aromatic rings. The molecule has 0 saturated heterocycles. The smallest absolute Gasteiger partial charge is 0.326 e. The molecule has 5 unspecified atom stereocenters. The molecule has 0 spiro atoms. The third-order valence-electron chi connectivity index (χ3n) is 5.24. The summed E-state index contributed by atoms with van der Waals surface area (Å²) in [4.78, 5) is 60.1. The highest BCUT2D eigenvalue weighted by Gasteiger charge is 2.32. The minimum absolute atomic E-state index is 0.0113. The molecule has 0 bridgehead atoms. The standard InChI is InChI=1S/C22H32N4O8/c1-3-12(2)18(22(33)34)26-21(32)16(11-27)25-20(31)15(9-13-7-5-4-6-8-13)24-19(30)14(23)10-17(28)29/h4-8,12,14-16,18,27H,3,9-11,23H2,1-2H3,(H,24,30)(H,25,31)(H,26,32)(H,28,29)(H,33,34). The van der Waals surface area contributed by atoms with Crippen LogP contribution in [0.1, 0.15) is 32.3 Å². The molecule has 12 nitrogen and oxygen atoms in total. The van der Waals surface area contributed by atoms with E-state index in [0.717, 1.165) is 0 Å². The van der Waals surface area contributed by atoms with Crippen molar-refractivity contribution in [1.29, 1.82) is 0 Å². The van der Waals surface area contributed by atoms with Gasteiger partial charge >= 0.3 is 11.9 Å². The highest BCUT2D eigenvalue weighted by atomic mass is 16.4. The normalized spacial score (nSPS) is 15.2. The number of nitrogens with one attached hydrogen (secondary N) is 3. The zero-order chi connectivity index (χ0) is 25.8. The number of hydrogen-bond donors (Lipinski definition) is 7. The van der Waals surface area contributed by atoms with Crippen LogP contribution in [-0.4, -0.2) is 75.8 Å². The van der Waals surface area contributed by atoms with Crippen LogP contribution >= 0.6 is 0 Å². The Bertz CT molecular complexity index is 864. The van der Waals surface area contributed by atoms with Gasteiger partial charge in [0.25, 0.3) is 0 Å². The number of carboxylic acid groups (broad SMARTS) is 2. The Kier molecular flexibility index (Phi) is 11.7. The molecule has 0 radical (unpaired) electrons. The van der Waals surface area contributed by atoms with Crippen molar-refractivity contribution in [3.63, 3.8) is 0 Å². The van der Waals surface area contributed by atoms with E-state index in [2.05, 4.69) is 16.0 Å². The summed E-state index contributed by atoms with van der Waals surface area (Å²) < 4.78 is 0. The van der Waals surface area contributed by atoms with Crippen molar-refractivity contribution in [3.8, 4) is 0 Å². The zero-order valence-electron chi connectivity index (χ0n) is 19.1. The van der Waals surface area contributed by atoms with Crippen LogP contribution in [0.3, 0.4) is 0 Å². The number of benzene rings is 1. The summed E-state index contributed by atoms with van der Waals surface area (Å²) in [6, 6.07) is 3.21. The van der Waals surface area contributed by atoms with E-state index >= 15 is 0 Å². The SMILES string of the molecule is CCC(C)C(NC(=O)C(CO)NC(=O)C(Cc1ccccc1)NC(=O)C(N)CC(=O)O)C(=O)O. The maximum Gasteiger partial charge on any atom is 0.326 e. The summed E-state index contributed by atoms with van der Waals surface area (Å²) in [5.74, 6) is -5.59. The molecular weight excluding hydrogens is 448 g/mol. The van der Waals surface area contributed by atoms with E-state index in [0.29, 0.717) is 12.0 Å². The average Bonchev–Trinajstić information content (AvgIpc) is 2.79. The van der Waals surface area contributed by atoms with Gasteiger partial charge in [-0.3, -0.25) is 19.2 Å². The molecule has 1 aromatic carbocycles. The molecule has 0 aromatic heterocycles. The molecule has 1 rings (SSSR count). The van der Waals surface area contributed by atoms with Crippen molar-refractivity contribution >= 4 is 29.7 Å². The number of aliphatic hydroxyl groups excluding tert-OH is 1. The lowest BCUT2D eigenvalue weighted by Crippen LogP contribution is -2.59. The minimum atomic E-state index is -1.48. The van der Waals surface area contributed by atoms with Crippen LogP contribution < -0.4 is 21.7 Å². The molecule has 34 heavy (non-hydrogen) atoms. The number of hydrogen-bond acceptors (Lipinski definition) is 7. The van der Waals surface area contributed by atoms with E-state index in [1.165, 1.54) is 0 Å². The molecule has 8 N–H and O–H groups in total. The second kappa shape index (κ2) is 13.9. The number of aliphatic hydroxyl groups is 1. The van der Waals surface area contributed by atoms with Gasteiger partial charge in [0.2, 0.25) is 17.7 Å². The van der Waals surface area contributed by atoms with Crippen LogP contribution in [0.15, 0.2) is 30.3 Å². The van der Waals surface area contributed by atoms with Crippen LogP contribution in [0.2, 0.25) is 0 Å². The van der Waals surface area contributed by atoms with E-state index in [4.69, 9.17) is 10.8 Å². The number of carboxylic acids is 2. The van der Waals surface area contributed by atoms with Gasteiger partial charge in [0.05, 0.1) is 19.1 Å². The zero-order valence-corrected chi connectivity index (χ0v) is 19.1. The lowest BCUT2D eigenvalue weighted by atomic mass is 9.99. The Balaban J connectivity index is 3.01. The van der Waals surface area contributed by atoms with Gasteiger partial charge in [0.15, 0.2) is 0 Å². The van der Waals surface area contributed by atoms with Gasteiger partial charge in [0.1, 0.15) is 18.1 Å². The largest absolute Gasteiger partial charge is 0.481 e. The number of rotatable bonds is 14. The highest BCUT2D eigenvalue weighted by molar-refractivity contribution is 5.95. The van der Waals surface area contributed by atoms with Crippen molar-refractivity contribution in [2.45, 2.75) is 57.3 Å². The molecule has 188 valence electrons. The second-order valence-electron chi connectivity index (χ2n) is 7.91. The van der Waals surface area contributed by atoms with Crippen molar-refractivity contribution in [3.05, 3.63) is 35.9 Å². The fraction of sp³-hybridized carbons (Fsp3) is 0.500. The molecule has 0 fully saturated rings. The lowest BCUT2D eigenvalue weighted by Gasteiger charge is -2.25. The molecule has 5 atom stereocenters. The number of carbonyl (C=O) groups is 5. The topological polar surface area (TPSA) is 208 Å². The molecule has 0 saturated carbocycles. The maximum atomic E-state index is 12.9. The van der Waals surface area contributed by atoms with Gasteiger partial charge in [-0.2, -0.15) is 0 Å². The number of carbonyl (C=O) groups excluding carboxylic acids is 3. The Hall–Kier alpha value is -3.51. The van der Waals surface area contributed by atoms with Crippen molar-refractivity contribution in [2.24, 2.45) is 11.7 Å². The second-order valence-corrected chi connectivity index (χ2v) is 7.91. The Morgan fingerprint density at radius 1 is 0.912 bits per heavy atom. The quantitative estimate of drug-likeness (QED) is 0.167. The van der Waals surface area contributed by atoms with E-state index < -0.39 is 72.8 Å². The van der Waals surface area contributed by atoms with Crippen LogP contribution in [-0.2, 0) is 30.4 Å². The minimum Gasteiger partial charge on any atom is -0.481 e. The summed E-state index contributed by atoms with van der Waals surface area (Å²) in [6.45, 7) is 2.57. The first-order valence-corrected chi connectivity index (χ1v) is 10.8. The van der Waals surface area contributed by atoms with Crippen LogP contribution in [0.25, 0.3) is 0 Å². The van der Waals surface area contributed by atoms with Crippen molar-refractivity contribution in [1.82, 2.24) is 16.0 Å². The van der Waals surface area contributed by atoms with E-state index in [1.54, 1.807) is 44.2 Å². The highest BCUT2D eigenvalue weighted by Crippen LogP contribution is 2.09. The van der Waals surface area contributed by atoms with Gasteiger partial charge < -0.3 is 37.0 Å². The van der Waals surface area contributed by atoms with E-state index in [9.17, 15) is 34.2 Å². The summed E-state index contributed by atoms with van der Waals surface area (Å²) in [6.07, 6.45) is -0.197. The molecule has 3 amide bonds. The Morgan fingerprint density at radius 2 is 1.47 bits per heavy atom. The predicted octanol–water partition coefficient (Wildman–Crippen LogP) is -1.39. The van der Waals surface area contributed by atoms with Gasteiger partial charge in [0, 0.05) is 6.42 Å². The van der Waals surface area contributed by atoms with Crippen molar-refractivity contribution < 1.29 is 39.3 Å². The number of nitrogens with two attached hydrogens (primary N) is 1. The first kappa shape index (κ1) is 28.5. The fourth-order valence-corrected chi connectivity index (χ4v) is 3.02. The molecule has 0 aliphatic heterocycles. The number of amides is 3. The Morgan fingerprint density at radius 3 is 1.97 bits per heavy atom. The molecular formula is C22H32N4O8. The Labute approximate surface area is 196 Å². The van der Waals surface area contributed by atoms with Crippen LogP contribution in [0, 0.1) is 5.92 Å². The van der Waals surface area contributed by atoms with Gasteiger partial charge in [-0.15, -0.1) is 0 Å². The van der Waals surface area contributed by atoms with Gasteiger partial charge in [-0.1, -0.05) is 50.6 Å². The summed E-state index contributed by atoms with van der Waals surface area (Å²) >= 11 is 0. The lowest BCUT2D eigenvalue weighted by molar-refractivity contribution is -0.144. The first-order valence-electron chi connectivity index (χ1n) is 10.8. The summed E-state index contributed by atoms with van der Waals surface area (Å²) in [5.41, 5.74) is 6.23. The van der Waals surface area contributed by atoms with Crippen LogP contribution in [0.5, 0.6) is 0 Å². The summed E-state index contributed by atoms with van der Waals surface area (Å²) in [5, 5.41) is 34.8. The molecule has 12 heteroatoms. The third kappa shape index (κ3) is 9.16. The third-order valence-corrected chi connectivity index (χ3v) is 5.24. The molecule has 0 aliphatic carbocycles. The van der Waals surface area contributed by atoms with Gasteiger partial charge in [-0.05, 0) is 11.5 Å². The monoisotopic (exact) mass is 480 g/mol. The maximum absolute atomic E-state index is 12.9. The van der Waals surface area contributed by atoms with Crippen LogP contribution in [0.4, 0.5) is 0 Å².